The summed E-state index contributed by atoms with van der Waals surface area (Å²) in [7, 11) is 0. The average Bonchev–Trinajstić information content (AvgIpc) is 3.19. The topological polar surface area (TPSA) is 24.5 Å². The van der Waals surface area contributed by atoms with Crippen LogP contribution < -0.4 is 5.32 Å². The molecule has 2 fully saturated rings. The first-order chi connectivity index (χ1) is 8.33. The zero-order chi connectivity index (χ0) is 12.1. The van der Waals surface area contributed by atoms with Gasteiger partial charge in [-0.15, -0.1) is 0 Å². The van der Waals surface area contributed by atoms with E-state index in [1.54, 1.807) is 0 Å². The fourth-order valence-corrected chi connectivity index (χ4v) is 2.68. The zero-order valence-corrected chi connectivity index (χ0v) is 11.5. The van der Waals surface area contributed by atoms with Crippen LogP contribution in [0.2, 0.25) is 0 Å². The van der Waals surface area contributed by atoms with Crippen molar-refractivity contribution in [2.75, 3.05) is 32.8 Å². The number of morpholine rings is 1. The van der Waals surface area contributed by atoms with Gasteiger partial charge in [0.2, 0.25) is 0 Å². The summed E-state index contributed by atoms with van der Waals surface area (Å²) in [6, 6.07) is 0.727. The number of ether oxygens (including phenoxy) is 1. The van der Waals surface area contributed by atoms with Gasteiger partial charge in [0.05, 0.1) is 12.7 Å². The lowest BCUT2D eigenvalue weighted by Gasteiger charge is -2.35. The van der Waals surface area contributed by atoms with Gasteiger partial charge in [0, 0.05) is 25.7 Å². The first kappa shape index (κ1) is 13.3. The number of hydrogen-bond acceptors (Lipinski definition) is 3. The molecule has 0 spiro atoms. The molecule has 1 saturated heterocycles. The second-order valence-electron chi connectivity index (χ2n) is 5.56. The Hall–Kier alpha value is -0.120. The molecule has 3 heteroatoms. The van der Waals surface area contributed by atoms with Gasteiger partial charge in [-0.3, -0.25) is 4.90 Å². The van der Waals surface area contributed by atoms with E-state index in [4.69, 9.17) is 4.74 Å². The van der Waals surface area contributed by atoms with Crippen LogP contribution in [-0.4, -0.2) is 49.8 Å². The summed E-state index contributed by atoms with van der Waals surface area (Å²) in [5.41, 5.74) is 0. The van der Waals surface area contributed by atoms with E-state index in [9.17, 15) is 0 Å². The van der Waals surface area contributed by atoms with Crippen LogP contribution in [0, 0.1) is 5.92 Å². The van der Waals surface area contributed by atoms with Crippen LogP contribution >= 0.6 is 0 Å². The number of nitrogens with zero attached hydrogens (tertiary/aromatic N) is 1. The lowest BCUT2D eigenvalue weighted by Crippen LogP contribution is -2.49. The highest BCUT2D eigenvalue weighted by molar-refractivity contribution is 4.89. The van der Waals surface area contributed by atoms with Crippen molar-refractivity contribution in [1.29, 1.82) is 0 Å². The van der Waals surface area contributed by atoms with Crippen LogP contribution in [0.5, 0.6) is 0 Å². The Balaban J connectivity index is 1.76. The maximum atomic E-state index is 5.73. The van der Waals surface area contributed by atoms with Crippen LogP contribution in [0.15, 0.2) is 0 Å². The molecule has 0 aromatic rings. The van der Waals surface area contributed by atoms with Crippen molar-refractivity contribution < 1.29 is 4.74 Å². The van der Waals surface area contributed by atoms with Gasteiger partial charge in [0.15, 0.2) is 0 Å². The Kier molecular flexibility index (Phi) is 5.26. The Labute approximate surface area is 106 Å². The minimum atomic E-state index is 0.467. The molecule has 1 N–H and O–H groups in total. The normalized spacial score (nSPS) is 28.2. The third kappa shape index (κ3) is 4.23. The molecular formula is C14H28N2O. The molecule has 1 saturated carbocycles. The van der Waals surface area contributed by atoms with Crippen LogP contribution in [0.3, 0.4) is 0 Å². The zero-order valence-electron chi connectivity index (χ0n) is 11.5. The Morgan fingerprint density at radius 1 is 1.35 bits per heavy atom. The van der Waals surface area contributed by atoms with E-state index in [0.29, 0.717) is 6.10 Å². The van der Waals surface area contributed by atoms with E-state index in [2.05, 4.69) is 24.1 Å². The molecule has 2 aliphatic rings. The van der Waals surface area contributed by atoms with Gasteiger partial charge in [0.25, 0.3) is 0 Å². The van der Waals surface area contributed by atoms with Crippen molar-refractivity contribution in [3.8, 4) is 0 Å². The molecule has 100 valence electrons. The second kappa shape index (κ2) is 6.72. The molecule has 0 aromatic carbocycles. The van der Waals surface area contributed by atoms with Crippen LogP contribution in [0.4, 0.5) is 0 Å². The highest BCUT2D eigenvalue weighted by Crippen LogP contribution is 2.33. The lowest BCUT2D eigenvalue weighted by molar-refractivity contribution is -0.0327. The maximum Gasteiger partial charge on any atom is 0.0700 e. The van der Waals surface area contributed by atoms with Crippen molar-refractivity contribution in [2.45, 2.75) is 51.7 Å². The van der Waals surface area contributed by atoms with Gasteiger partial charge in [-0.2, -0.15) is 0 Å². The highest BCUT2D eigenvalue weighted by atomic mass is 16.5. The molecule has 17 heavy (non-hydrogen) atoms. The monoisotopic (exact) mass is 240 g/mol. The molecule has 2 rings (SSSR count). The molecule has 0 aromatic heterocycles. The second-order valence-corrected chi connectivity index (χ2v) is 5.56. The van der Waals surface area contributed by atoms with E-state index >= 15 is 0 Å². The third-order valence-electron chi connectivity index (χ3n) is 3.98. The lowest BCUT2D eigenvalue weighted by atomic mass is 10.1. The smallest absolute Gasteiger partial charge is 0.0700 e. The summed E-state index contributed by atoms with van der Waals surface area (Å²) in [4.78, 5) is 2.60. The van der Waals surface area contributed by atoms with E-state index in [1.165, 1.54) is 32.4 Å². The predicted molar refractivity (Wildman–Crippen MR) is 71.3 cm³/mol. The number of hydrogen-bond donors (Lipinski definition) is 1. The maximum absolute atomic E-state index is 5.73. The highest BCUT2D eigenvalue weighted by Gasteiger charge is 2.32. The molecule has 2 atom stereocenters. The Bertz CT molecular complexity index is 218. The van der Waals surface area contributed by atoms with Crippen molar-refractivity contribution in [3.05, 3.63) is 0 Å². The summed E-state index contributed by atoms with van der Waals surface area (Å²) in [5.74, 6) is 0.949. The summed E-state index contributed by atoms with van der Waals surface area (Å²) in [5, 5.41) is 3.73. The Morgan fingerprint density at radius 2 is 2.18 bits per heavy atom. The van der Waals surface area contributed by atoms with Crippen molar-refractivity contribution >= 4 is 0 Å². The fraction of sp³-hybridized carbons (Fsp3) is 1.00. The molecule has 0 bridgehead atoms. The number of nitrogens with one attached hydrogen (secondary N) is 1. The summed E-state index contributed by atoms with van der Waals surface area (Å²) in [6.45, 7) is 10.0. The largest absolute Gasteiger partial charge is 0.376 e. The molecule has 1 aliphatic carbocycles. The SMILES string of the molecule is CCCNC(CN1CCOC(CC)C1)C1CC1. The first-order valence-corrected chi connectivity index (χ1v) is 7.40. The number of rotatable bonds is 7. The van der Waals surface area contributed by atoms with Gasteiger partial charge >= 0.3 is 0 Å². The standard InChI is InChI=1S/C14H28N2O/c1-3-7-15-14(12-5-6-12)11-16-8-9-17-13(4-2)10-16/h12-15H,3-11H2,1-2H3. The quantitative estimate of drug-likeness (QED) is 0.735. The first-order valence-electron chi connectivity index (χ1n) is 7.40. The van der Waals surface area contributed by atoms with Gasteiger partial charge in [-0.1, -0.05) is 13.8 Å². The van der Waals surface area contributed by atoms with Crippen molar-refractivity contribution in [2.24, 2.45) is 5.92 Å². The molecule has 2 unspecified atom stereocenters. The minimum Gasteiger partial charge on any atom is -0.376 e. The molecule has 1 heterocycles. The summed E-state index contributed by atoms with van der Waals surface area (Å²) >= 11 is 0. The molecule has 0 radical (unpaired) electrons. The van der Waals surface area contributed by atoms with Crippen LogP contribution in [-0.2, 0) is 4.74 Å². The van der Waals surface area contributed by atoms with Crippen LogP contribution in [0.1, 0.15) is 39.5 Å². The summed E-state index contributed by atoms with van der Waals surface area (Å²) < 4.78 is 5.73. The van der Waals surface area contributed by atoms with Gasteiger partial charge in [-0.25, -0.2) is 0 Å². The van der Waals surface area contributed by atoms with Gasteiger partial charge in [0.1, 0.15) is 0 Å². The molecule has 3 nitrogen and oxygen atoms in total. The fourth-order valence-electron chi connectivity index (χ4n) is 2.68. The Morgan fingerprint density at radius 3 is 2.82 bits per heavy atom. The third-order valence-corrected chi connectivity index (χ3v) is 3.98. The predicted octanol–water partition coefficient (Wildman–Crippen LogP) is 1.88. The molecule has 1 aliphatic heterocycles. The van der Waals surface area contributed by atoms with Crippen molar-refractivity contribution in [1.82, 2.24) is 10.2 Å². The van der Waals surface area contributed by atoms with E-state index < -0.39 is 0 Å². The van der Waals surface area contributed by atoms with Crippen LogP contribution in [0.25, 0.3) is 0 Å². The molecule has 0 amide bonds. The van der Waals surface area contributed by atoms with E-state index in [-0.39, 0.29) is 0 Å². The minimum absolute atomic E-state index is 0.467. The molecular weight excluding hydrogens is 212 g/mol. The van der Waals surface area contributed by atoms with Crippen molar-refractivity contribution in [3.63, 3.8) is 0 Å². The van der Waals surface area contributed by atoms with Gasteiger partial charge < -0.3 is 10.1 Å². The summed E-state index contributed by atoms with van der Waals surface area (Å²) in [6.07, 6.45) is 5.72. The van der Waals surface area contributed by atoms with Gasteiger partial charge in [-0.05, 0) is 38.1 Å². The van der Waals surface area contributed by atoms with E-state index in [0.717, 1.165) is 38.1 Å². The van der Waals surface area contributed by atoms with E-state index in [1.807, 2.05) is 0 Å². The average molecular weight is 240 g/mol.